The van der Waals surface area contributed by atoms with Crippen molar-refractivity contribution in [3.63, 3.8) is 0 Å². The highest BCUT2D eigenvalue weighted by molar-refractivity contribution is 5.93. The van der Waals surface area contributed by atoms with Gasteiger partial charge in [0, 0.05) is 12.8 Å². The Morgan fingerprint density at radius 2 is 1.22 bits per heavy atom. The lowest BCUT2D eigenvalue weighted by molar-refractivity contribution is -0.144. The van der Waals surface area contributed by atoms with E-state index in [-0.39, 0.29) is 0 Å². The summed E-state index contributed by atoms with van der Waals surface area (Å²) in [6, 6.07) is -3.87. The van der Waals surface area contributed by atoms with Crippen LogP contribution in [0.1, 0.15) is 32.6 Å². The normalized spacial score (nSPS) is 13.1. The van der Waals surface area contributed by atoms with Crippen LogP contribution >= 0.6 is 0 Å². The summed E-state index contributed by atoms with van der Waals surface area (Å²) in [7, 11) is 0. The lowest BCUT2D eigenvalue weighted by atomic mass is 10.1. The smallest absolute Gasteiger partial charge is 0.326 e. The van der Waals surface area contributed by atoms with Crippen molar-refractivity contribution in [2.45, 2.75) is 50.7 Å². The number of hydrogen-bond acceptors (Lipinski definition) is 8. The van der Waals surface area contributed by atoms with Gasteiger partial charge in [-0.1, -0.05) is 0 Å². The van der Waals surface area contributed by atoms with Gasteiger partial charge in [-0.2, -0.15) is 0 Å². The zero-order valence-electron chi connectivity index (χ0n) is 17.3. The standard InChI is InChI=1S/C17H27N5O10/c1-8(18)15(29)20-6-11(23)19-7-12(24)21-9(2-4-13(25)26)16(30)22-10(17(31)32)3-5-14(27)28/h8-10H,2-7,18H2,1H3,(H,19,23)(H,20,29)(H,21,24)(H,22,30)(H,25,26)(H,27,28)(H,31,32)/t8-,9-,10-/m0/s1. The predicted octanol–water partition coefficient (Wildman–Crippen LogP) is -3.65. The zero-order valence-corrected chi connectivity index (χ0v) is 17.3. The second kappa shape index (κ2) is 14.3. The Kier molecular flexibility index (Phi) is 12.6. The second-order valence-electron chi connectivity index (χ2n) is 6.67. The fourth-order valence-corrected chi connectivity index (χ4v) is 2.15. The molecule has 0 aliphatic heterocycles. The molecule has 0 aromatic rings. The van der Waals surface area contributed by atoms with Crippen LogP contribution in [0.2, 0.25) is 0 Å². The molecule has 15 heteroatoms. The fraction of sp³-hybridized carbons (Fsp3) is 0.588. The predicted molar refractivity (Wildman–Crippen MR) is 105 cm³/mol. The van der Waals surface area contributed by atoms with E-state index in [0.29, 0.717) is 0 Å². The maximum Gasteiger partial charge on any atom is 0.326 e. The van der Waals surface area contributed by atoms with Gasteiger partial charge in [0.25, 0.3) is 0 Å². The molecule has 0 aromatic carbocycles. The summed E-state index contributed by atoms with van der Waals surface area (Å²) in [4.78, 5) is 80.0. The molecule has 0 aromatic heterocycles. The first-order valence-electron chi connectivity index (χ1n) is 9.39. The molecule has 0 aliphatic carbocycles. The third-order valence-electron chi connectivity index (χ3n) is 3.84. The summed E-state index contributed by atoms with van der Waals surface area (Å²) in [5.41, 5.74) is 5.31. The summed E-state index contributed by atoms with van der Waals surface area (Å²) < 4.78 is 0. The minimum atomic E-state index is -1.57. The van der Waals surface area contributed by atoms with Crippen LogP contribution in [-0.2, 0) is 33.6 Å². The van der Waals surface area contributed by atoms with Gasteiger partial charge >= 0.3 is 17.9 Å². The van der Waals surface area contributed by atoms with Gasteiger partial charge in [-0.15, -0.1) is 0 Å². The maximum atomic E-state index is 12.4. The molecule has 32 heavy (non-hydrogen) atoms. The number of nitrogens with one attached hydrogen (secondary N) is 4. The third kappa shape index (κ3) is 12.7. The van der Waals surface area contributed by atoms with E-state index in [0.717, 1.165) is 0 Å². The molecule has 180 valence electrons. The molecule has 0 spiro atoms. The van der Waals surface area contributed by atoms with Gasteiger partial charge in [0.1, 0.15) is 12.1 Å². The first-order valence-corrected chi connectivity index (χ1v) is 9.39. The number of nitrogens with two attached hydrogens (primary N) is 1. The molecular weight excluding hydrogens is 434 g/mol. The second-order valence-corrected chi connectivity index (χ2v) is 6.67. The Morgan fingerprint density at radius 3 is 1.69 bits per heavy atom. The Morgan fingerprint density at radius 1 is 0.719 bits per heavy atom. The number of rotatable bonds is 15. The molecule has 0 rings (SSSR count). The van der Waals surface area contributed by atoms with E-state index in [9.17, 15) is 33.6 Å². The fourth-order valence-electron chi connectivity index (χ4n) is 2.15. The number of carboxylic acid groups (broad SMARTS) is 3. The number of carboxylic acids is 3. The topological polar surface area (TPSA) is 254 Å². The van der Waals surface area contributed by atoms with E-state index in [1.807, 2.05) is 0 Å². The summed E-state index contributed by atoms with van der Waals surface area (Å²) in [6.45, 7) is 0.325. The van der Waals surface area contributed by atoms with E-state index < -0.39 is 98.4 Å². The lowest BCUT2D eigenvalue weighted by Gasteiger charge is -2.21. The molecule has 0 saturated heterocycles. The summed E-state index contributed by atoms with van der Waals surface area (Å²) in [6.07, 6.45) is -1.91. The molecule has 3 atom stereocenters. The summed E-state index contributed by atoms with van der Waals surface area (Å²) in [5, 5.41) is 35.2. The largest absolute Gasteiger partial charge is 0.481 e. The van der Waals surface area contributed by atoms with Crippen LogP contribution in [0.5, 0.6) is 0 Å². The molecule has 0 radical (unpaired) electrons. The average Bonchev–Trinajstić information content (AvgIpc) is 2.69. The van der Waals surface area contributed by atoms with E-state index in [1.165, 1.54) is 6.92 Å². The van der Waals surface area contributed by atoms with Gasteiger partial charge in [-0.25, -0.2) is 4.79 Å². The van der Waals surface area contributed by atoms with Gasteiger partial charge in [0.2, 0.25) is 23.6 Å². The van der Waals surface area contributed by atoms with Crippen LogP contribution in [0.4, 0.5) is 0 Å². The Hall–Kier alpha value is -3.75. The van der Waals surface area contributed by atoms with E-state index >= 15 is 0 Å². The van der Waals surface area contributed by atoms with Crippen molar-refractivity contribution in [3.05, 3.63) is 0 Å². The van der Waals surface area contributed by atoms with Crippen LogP contribution in [0.3, 0.4) is 0 Å². The molecule has 15 nitrogen and oxygen atoms in total. The molecule has 0 aliphatic rings. The molecule has 0 fully saturated rings. The first kappa shape index (κ1) is 28.2. The van der Waals surface area contributed by atoms with Crippen molar-refractivity contribution >= 4 is 41.5 Å². The third-order valence-corrected chi connectivity index (χ3v) is 3.84. The number of hydrogen-bond donors (Lipinski definition) is 8. The average molecular weight is 461 g/mol. The number of carbonyl (C=O) groups excluding carboxylic acids is 4. The highest BCUT2D eigenvalue weighted by Gasteiger charge is 2.27. The van der Waals surface area contributed by atoms with Crippen molar-refractivity contribution in [1.82, 2.24) is 21.3 Å². The van der Waals surface area contributed by atoms with Crippen LogP contribution in [0.15, 0.2) is 0 Å². The van der Waals surface area contributed by atoms with Crippen molar-refractivity contribution in [2.24, 2.45) is 5.73 Å². The SMILES string of the molecule is C[C@H](N)C(=O)NCC(=O)NCC(=O)N[C@@H](CCC(=O)O)C(=O)N[C@@H](CCC(=O)O)C(=O)O. The van der Waals surface area contributed by atoms with Gasteiger partial charge < -0.3 is 42.3 Å². The van der Waals surface area contributed by atoms with Crippen molar-refractivity contribution in [2.75, 3.05) is 13.1 Å². The van der Waals surface area contributed by atoms with Crippen LogP contribution in [0, 0.1) is 0 Å². The van der Waals surface area contributed by atoms with E-state index in [2.05, 4.69) is 21.3 Å². The first-order chi connectivity index (χ1) is 14.8. The molecule has 0 saturated carbocycles. The Labute approximate surface area is 182 Å². The van der Waals surface area contributed by atoms with Crippen molar-refractivity contribution in [1.29, 1.82) is 0 Å². The maximum absolute atomic E-state index is 12.4. The van der Waals surface area contributed by atoms with E-state index in [1.54, 1.807) is 0 Å². The van der Waals surface area contributed by atoms with Crippen LogP contribution < -0.4 is 27.0 Å². The minimum Gasteiger partial charge on any atom is -0.481 e. The molecule has 4 amide bonds. The Bertz CT molecular complexity index is 739. The molecular formula is C17H27N5O10. The molecule has 0 bridgehead atoms. The summed E-state index contributed by atoms with van der Waals surface area (Å²) >= 11 is 0. The molecule has 9 N–H and O–H groups in total. The van der Waals surface area contributed by atoms with Gasteiger partial charge in [0.05, 0.1) is 19.1 Å². The monoisotopic (exact) mass is 461 g/mol. The lowest BCUT2D eigenvalue weighted by Crippen LogP contribution is -2.53. The van der Waals surface area contributed by atoms with Crippen molar-refractivity contribution < 1.29 is 48.9 Å². The quantitative estimate of drug-likeness (QED) is 0.118. The number of amides is 4. The van der Waals surface area contributed by atoms with Crippen molar-refractivity contribution in [3.8, 4) is 0 Å². The number of aliphatic carboxylic acids is 3. The highest BCUT2D eigenvalue weighted by atomic mass is 16.4. The zero-order chi connectivity index (χ0) is 24.8. The van der Waals surface area contributed by atoms with Gasteiger partial charge in [0.15, 0.2) is 0 Å². The van der Waals surface area contributed by atoms with Gasteiger partial charge in [-0.05, 0) is 19.8 Å². The van der Waals surface area contributed by atoms with E-state index in [4.69, 9.17) is 21.1 Å². The number of carbonyl (C=O) groups is 7. The van der Waals surface area contributed by atoms with Crippen LogP contribution in [-0.4, -0.2) is 88.1 Å². The highest BCUT2D eigenvalue weighted by Crippen LogP contribution is 2.03. The van der Waals surface area contributed by atoms with Crippen LogP contribution in [0.25, 0.3) is 0 Å². The Balaban J connectivity index is 4.89. The minimum absolute atomic E-state index is 0.392. The summed E-state index contributed by atoms with van der Waals surface area (Å²) in [5.74, 6) is -7.33. The molecule has 0 heterocycles. The van der Waals surface area contributed by atoms with Gasteiger partial charge in [-0.3, -0.25) is 28.8 Å². The molecule has 0 unspecified atom stereocenters.